The predicted octanol–water partition coefficient (Wildman–Crippen LogP) is 3.01. The van der Waals surface area contributed by atoms with Crippen molar-refractivity contribution in [3.63, 3.8) is 0 Å². The van der Waals surface area contributed by atoms with Crippen molar-refractivity contribution in [1.82, 2.24) is 24.7 Å². The highest BCUT2D eigenvalue weighted by Gasteiger charge is 2.15. The Labute approximate surface area is 156 Å². The van der Waals surface area contributed by atoms with Crippen LogP contribution in [0.15, 0.2) is 42.6 Å². The van der Waals surface area contributed by atoms with Crippen molar-refractivity contribution < 1.29 is 0 Å². The number of hydrogen-bond acceptors (Lipinski definition) is 6. The molecule has 1 aromatic carbocycles. The van der Waals surface area contributed by atoms with Crippen molar-refractivity contribution in [1.29, 1.82) is 5.26 Å². The van der Waals surface area contributed by atoms with Crippen molar-refractivity contribution in [2.75, 3.05) is 5.73 Å². The van der Waals surface area contributed by atoms with Crippen LogP contribution >= 0.6 is 0 Å². The van der Waals surface area contributed by atoms with Crippen molar-refractivity contribution in [2.24, 2.45) is 0 Å². The van der Waals surface area contributed by atoms with Gasteiger partial charge in [-0.05, 0) is 43.2 Å². The van der Waals surface area contributed by atoms with E-state index >= 15 is 0 Å². The van der Waals surface area contributed by atoms with E-state index in [-0.39, 0.29) is 0 Å². The monoisotopic (exact) mass is 355 g/mol. The van der Waals surface area contributed by atoms with Crippen LogP contribution in [-0.4, -0.2) is 24.7 Å². The van der Waals surface area contributed by atoms with Crippen molar-refractivity contribution in [2.45, 2.75) is 20.4 Å². The number of rotatable bonds is 3. The molecule has 27 heavy (non-hydrogen) atoms. The summed E-state index contributed by atoms with van der Waals surface area (Å²) in [6.07, 6.45) is 1.75. The van der Waals surface area contributed by atoms with E-state index in [1.54, 1.807) is 18.3 Å². The van der Waals surface area contributed by atoms with E-state index in [9.17, 15) is 0 Å². The highest BCUT2D eigenvalue weighted by Crippen LogP contribution is 2.25. The van der Waals surface area contributed by atoms with Crippen LogP contribution in [0.25, 0.3) is 22.4 Å². The van der Waals surface area contributed by atoms with Crippen LogP contribution < -0.4 is 5.73 Å². The molecule has 2 N–H and O–H groups in total. The lowest BCUT2D eigenvalue weighted by atomic mass is 10.1. The maximum absolute atomic E-state index is 9.12. The summed E-state index contributed by atoms with van der Waals surface area (Å²) in [5, 5.41) is 14.4. The van der Waals surface area contributed by atoms with Crippen LogP contribution in [0.4, 0.5) is 5.69 Å². The van der Waals surface area contributed by atoms with Gasteiger partial charge >= 0.3 is 0 Å². The average Bonchev–Trinajstić information content (AvgIpc) is 3.06. The van der Waals surface area contributed by atoms with Crippen LogP contribution in [0.2, 0.25) is 0 Å². The minimum absolute atomic E-state index is 0.349. The molecule has 0 saturated heterocycles. The quantitative estimate of drug-likeness (QED) is 0.566. The number of nitrogens with two attached hydrogens (primary N) is 1. The normalized spacial score (nSPS) is 10.9. The van der Waals surface area contributed by atoms with E-state index in [2.05, 4.69) is 32.2 Å². The molecular formula is C20H17N7. The Hall–Kier alpha value is -3.79. The zero-order valence-electron chi connectivity index (χ0n) is 15.0. The molecule has 0 fully saturated rings. The highest BCUT2D eigenvalue weighted by molar-refractivity contribution is 5.89. The van der Waals surface area contributed by atoms with Gasteiger partial charge in [0.05, 0.1) is 23.8 Å². The Morgan fingerprint density at radius 3 is 2.74 bits per heavy atom. The minimum Gasteiger partial charge on any atom is -0.399 e. The summed E-state index contributed by atoms with van der Waals surface area (Å²) in [5.41, 5.74) is 11.2. The third kappa shape index (κ3) is 3.09. The van der Waals surface area contributed by atoms with Gasteiger partial charge in [0.25, 0.3) is 0 Å². The summed E-state index contributed by atoms with van der Waals surface area (Å²) < 4.78 is 1.84. The molecule has 3 aromatic heterocycles. The lowest BCUT2D eigenvalue weighted by molar-refractivity contribution is 0.702. The molecule has 3 heterocycles. The first kappa shape index (κ1) is 16.7. The molecule has 0 bridgehead atoms. The maximum Gasteiger partial charge on any atom is 0.162 e. The van der Waals surface area contributed by atoms with E-state index in [4.69, 9.17) is 11.0 Å². The molecule has 0 unspecified atom stereocenters. The first-order chi connectivity index (χ1) is 13.0. The third-order valence-electron chi connectivity index (χ3n) is 4.38. The number of nitriles is 1. The van der Waals surface area contributed by atoms with Gasteiger partial charge in [-0.15, -0.1) is 0 Å². The van der Waals surface area contributed by atoms with Gasteiger partial charge in [0.1, 0.15) is 23.3 Å². The van der Waals surface area contributed by atoms with Crippen LogP contribution in [-0.2, 0) is 6.54 Å². The number of anilines is 1. The molecule has 0 saturated carbocycles. The number of aromatic nitrogens is 5. The number of aryl methyl sites for hydroxylation is 2. The van der Waals surface area contributed by atoms with Crippen molar-refractivity contribution >= 4 is 16.7 Å². The molecular weight excluding hydrogens is 338 g/mol. The number of nitrogen functional groups attached to an aromatic ring is 1. The van der Waals surface area contributed by atoms with Gasteiger partial charge in [-0.25, -0.2) is 19.6 Å². The zero-order chi connectivity index (χ0) is 19.0. The molecule has 0 radical (unpaired) electrons. The van der Waals surface area contributed by atoms with Crippen molar-refractivity contribution in [3.05, 3.63) is 65.2 Å². The maximum atomic E-state index is 9.12. The first-order valence-corrected chi connectivity index (χ1v) is 8.48. The standard InChI is InChI=1S/C20H17N7/c1-12-8-14(6-7-17(12)22)11-27-20-16(10-23-27)19(24-13(2)25-20)18-5-3-4-15(9-21)26-18/h3-8,10H,11,22H2,1-2H3. The summed E-state index contributed by atoms with van der Waals surface area (Å²) in [4.78, 5) is 13.5. The van der Waals surface area contributed by atoms with Crippen molar-refractivity contribution in [3.8, 4) is 17.5 Å². The second-order valence-electron chi connectivity index (χ2n) is 6.37. The number of nitrogens with zero attached hydrogens (tertiary/aromatic N) is 6. The molecule has 0 aliphatic rings. The lowest BCUT2D eigenvalue weighted by Crippen LogP contribution is -2.05. The van der Waals surface area contributed by atoms with Crippen LogP contribution in [0, 0.1) is 25.2 Å². The summed E-state index contributed by atoms with van der Waals surface area (Å²) >= 11 is 0. The average molecular weight is 355 g/mol. The lowest BCUT2D eigenvalue weighted by Gasteiger charge is -2.08. The molecule has 0 spiro atoms. The third-order valence-corrected chi connectivity index (χ3v) is 4.38. The molecule has 0 aliphatic heterocycles. The SMILES string of the molecule is Cc1nc(-c2cccc(C#N)n2)c2cnn(Cc3ccc(N)c(C)c3)c2n1. The topological polar surface area (TPSA) is 106 Å². The Morgan fingerprint density at radius 1 is 1.11 bits per heavy atom. The van der Waals surface area contributed by atoms with E-state index in [1.165, 1.54) is 0 Å². The second-order valence-corrected chi connectivity index (χ2v) is 6.37. The summed E-state index contributed by atoms with van der Waals surface area (Å²) in [7, 11) is 0. The second kappa shape index (κ2) is 6.50. The fourth-order valence-electron chi connectivity index (χ4n) is 3.01. The molecule has 0 atom stereocenters. The van der Waals surface area contributed by atoms with Crippen LogP contribution in [0.3, 0.4) is 0 Å². The van der Waals surface area contributed by atoms with Gasteiger partial charge in [0.2, 0.25) is 0 Å². The minimum atomic E-state index is 0.349. The highest BCUT2D eigenvalue weighted by atomic mass is 15.3. The number of pyridine rings is 1. The van der Waals surface area contributed by atoms with Gasteiger partial charge in [-0.1, -0.05) is 18.2 Å². The molecule has 4 aromatic rings. The Balaban J connectivity index is 1.82. The first-order valence-electron chi connectivity index (χ1n) is 8.48. The van der Waals surface area contributed by atoms with Gasteiger partial charge in [0, 0.05) is 5.69 Å². The smallest absolute Gasteiger partial charge is 0.162 e. The molecule has 0 aliphatic carbocycles. The Kier molecular flexibility index (Phi) is 4.01. The fraction of sp³-hybridized carbons (Fsp3) is 0.150. The molecule has 4 rings (SSSR count). The van der Waals surface area contributed by atoms with Crippen LogP contribution in [0.5, 0.6) is 0 Å². The van der Waals surface area contributed by atoms with Gasteiger partial charge in [-0.3, -0.25) is 0 Å². The summed E-state index contributed by atoms with van der Waals surface area (Å²) in [6, 6.07) is 13.3. The Bertz CT molecular complexity index is 1200. The number of benzene rings is 1. The molecule has 7 nitrogen and oxygen atoms in total. The molecule has 132 valence electrons. The van der Waals surface area contributed by atoms with Gasteiger partial charge in [0.15, 0.2) is 5.65 Å². The zero-order valence-corrected chi connectivity index (χ0v) is 15.0. The number of hydrogen-bond donors (Lipinski definition) is 1. The van der Waals surface area contributed by atoms with Gasteiger partial charge < -0.3 is 5.73 Å². The van der Waals surface area contributed by atoms with E-state index in [0.29, 0.717) is 29.5 Å². The van der Waals surface area contributed by atoms with E-state index in [0.717, 1.165) is 27.8 Å². The van der Waals surface area contributed by atoms with E-state index < -0.39 is 0 Å². The van der Waals surface area contributed by atoms with E-state index in [1.807, 2.05) is 36.7 Å². The fourth-order valence-corrected chi connectivity index (χ4v) is 3.01. The molecule has 0 amide bonds. The van der Waals surface area contributed by atoms with Gasteiger partial charge in [-0.2, -0.15) is 10.4 Å². The predicted molar refractivity (Wildman–Crippen MR) is 103 cm³/mol. The largest absolute Gasteiger partial charge is 0.399 e. The molecule has 7 heteroatoms. The Morgan fingerprint density at radius 2 is 1.96 bits per heavy atom. The summed E-state index contributed by atoms with van der Waals surface area (Å²) in [5.74, 6) is 0.622. The van der Waals surface area contributed by atoms with Crippen LogP contribution in [0.1, 0.15) is 22.6 Å². The summed E-state index contributed by atoms with van der Waals surface area (Å²) in [6.45, 7) is 4.40. The number of fused-ring (bicyclic) bond motifs is 1.